The monoisotopic (exact) mass is 284 g/mol. The molecule has 1 heterocycles. The highest BCUT2D eigenvalue weighted by atomic mass is 33.1. The van der Waals surface area contributed by atoms with Gasteiger partial charge in [-0.3, -0.25) is 4.79 Å². The van der Waals surface area contributed by atoms with Crippen LogP contribution in [-0.4, -0.2) is 9.19 Å². The minimum absolute atomic E-state index is 0.0551. The summed E-state index contributed by atoms with van der Waals surface area (Å²) in [6.45, 7) is 5.98. The molecule has 2 rings (SSSR count). The molecule has 0 aliphatic heterocycles. The highest BCUT2D eigenvalue weighted by molar-refractivity contribution is 8.67. The summed E-state index contributed by atoms with van der Waals surface area (Å²) in [5, 5.41) is 4.49. The third kappa shape index (κ3) is 2.27. The van der Waals surface area contributed by atoms with E-state index < -0.39 is 11.4 Å². The summed E-state index contributed by atoms with van der Waals surface area (Å²) in [5.74, 6) is -0.513. The molecular weight excluding hydrogens is 271 g/mol. The number of halogens is 1. The third-order valence-electron chi connectivity index (χ3n) is 2.75. The van der Waals surface area contributed by atoms with Crippen LogP contribution in [0.25, 0.3) is 10.8 Å². The van der Waals surface area contributed by atoms with Gasteiger partial charge in [0.05, 0.1) is 11.6 Å². The highest BCUT2D eigenvalue weighted by Crippen LogP contribution is 2.26. The average Bonchev–Trinajstić information content (AvgIpc) is 2.27. The maximum Gasteiger partial charge on any atom is 0.288 e. The lowest BCUT2D eigenvalue weighted by Crippen LogP contribution is -2.19. The number of rotatable bonds is 1. The summed E-state index contributed by atoms with van der Waals surface area (Å²) in [6.07, 6.45) is 1.48. The number of hydrogen-bond donors (Lipinski definition) is 1. The van der Waals surface area contributed by atoms with Gasteiger partial charge in [-0.15, -0.1) is 0 Å². The van der Waals surface area contributed by atoms with Crippen molar-refractivity contribution >= 4 is 33.4 Å². The lowest BCUT2D eigenvalue weighted by Gasteiger charge is -2.19. The quantitative estimate of drug-likeness (QED) is 0.645. The lowest BCUT2D eigenvalue weighted by molar-refractivity contribution is 0.576. The molecule has 18 heavy (non-hydrogen) atoms. The van der Waals surface area contributed by atoms with Crippen LogP contribution in [0.4, 0.5) is 4.39 Å². The Hall–Kier alpha value is -1.01. The molecule has 0 aliphatic carbocycles. The molecule has 1 aromatic heterocycles. The number of benzene rings is 1. The number of fused-ring (bicyclic) bond motifs is 1. The van der Waals surface area contributed by atoms with Gasteiger partial charge in [0.25, 0.3) is 5.56 Å². The van der Waals surface area contributed by atoms with Gasteiger partial charge in [-0.05, 0) is 23.1 Å². The summed E-state index contributed by atoms with van der Waals surface area (Å²) in [7, 11) is 0.850. The van der Waals surface area contributed by atoms with Crippen LogP contribution in [0.2, 0.25) is 0 Å². The van der Waals surface area contributed by atoms with E-state index in [0.717, 1.165) is 20.6 Å². The van der Waals surface area contributed by atoms with Gasteiger partial charge < -0.3 is 0 Å². The molecule has 0 radical (unpaired) electrons. The molecule has 1 aromatic carbocycles. The van der Waals surface area contributed by atoms with E-state index in [9.17, 15) is 9.18 Å². The molecule has 0 saturated carbocycles. The van der Waals surface area contributed by atoms with Crippen LogP contribution >= 0.6 is 22.6 Å². The Kier molecular flexibility index (Phi) is 3.42. The third-order valence-corrected chi connectivity index (χ3v) is 3.63. The average molecular weight is 284 g/mol. The van der Waals surface area contributed by atoms with Gasteiger partial charge >= 0.3 is 0 Å². The maximum absolute atomic E-state index is 14.1. The van der Waals surface area contributed by atoms with Gasteiger partial charge in [0.1, 0.15) is 5.82 Å². The summed E-state index contributed by atoms with van der Waals surface area (Å²) in [6, 6.07) is 3.22. The van der Waals surface area contributed by atoms with Crippen molar-refractivity contribution in [3.63, 3.8) is 0 Å². The minimum atomic E-state index is -0.513. The fraction of sp³-hybridized carbons (Fsp3) is 0.333. The summed E-state index contributed by atoms with van der Waals surface area (Å²) < 4.78 is 15.1. The summed E-state index contributed by atoms with van der Waals surface area (Å²) in [5.41, 5.74) is 0.179. The van der Waals surface area contributed by atoms with E-state index >= 15 is 0 Å². The van der Waals surface area contributed by atoms with Crippen LogP contribution in [0.1, 0.15) is 26.3 Å². The van der Waals surface area contributed by atoms with Crippen LogP contribution in [0, 0.1) is 5.82 Å². The van der Waals surface area contributed by atoms with Gasteiger partial charge in [0, 0.05) is 16.4 Å². The van der Waals surface area contributed by atoms with Crippen LogP contribution in [0.5, 0.6) is 0 Å². The van der Waals surface area contributed by atoms with E-state index in [0.29, 0.717) is 5.39 Å². The Bertz CT molecular complexity index is 661. The Morgan fingerprint density at radius 3 is 2.61 bits per heavy atom. The smallest absolute Gasteiger partial charge is 0.266 e. The van der Waals surface area contributed by atoms with Crippen molar-refractivity contribution in [2.45, 2.75) is 26.2 Å². The molecule has 0 N–H and O–H groups in total. The van der Waals surface area contributed by atoms with E-state index in [2.05, 4.69) is 16.8 Å². The van der Waals surface area contributed by atoms with Gasteiger partial charge in [-0.2, -0.15) is 9.19 Å². The number of thiol groups is 1. The molecule has 96 valence electrons. The number of hydrogen-bond acceptors (Lipinski definition) is 4. The van der Waals surface area contributed by atoms with Crippen molar-refractivity contribution in [3.05, 3.63) is 40.1 Å². The zero-order valence-electron chi connectivity index (χ0n) is 10.3. The highest BCUT2D eigenvalue weighted by Gasteiger charge is 2.18. The van der Waals surface area contributed by atoms with Gasteiger partial charge in [0.15, 0.2) is 0 Å². The molecule has 0 atom stereocenters. The molecule has 0 unspecified atom stereocenters. The molecule has 0 saturated heterocycles. The second-order valence-electron chi connectivity index (χ2n) is 5.08. The molecule has 0 amide bonds. The molecule has 0 fully saturated rings. The maximum atomic E-state index is 14.1. The first-order valence-corrected chi connectivity index (χ1v) is 7.21. The molecule has 6 heteroatoms. The lowest BCUT2D eigenvalue weighted by atomic mass is 9.86. The van der Waals surface area contributed by atoms with Gasteiger partial charge in [-0.1, -0.05) is 32.4 Å². The summed E-state index contributed by atoms with van der Waals surface area (Å²) >= 11 is 3.90. The second kappa shape index (κ2) is 4.59. The van der Waals surface area contributed by atoms with E-state index in [-0.39, 0.29) is 10.8 Å². The van der Waals surface area contributed by atoms with E-state index in [1.54, 1.807) is 6.07 Å². The van der Waals surface area contributed by atoms with Crippen LogP contribution in [0.15, 0.2) is 23.1 Å². The largest absolute Gasteiger partial charge is 0.288 e. The van der Waals surface area contributed by atoms with Crippen molar-refractivity contribution < 1.29 is 4.39 Å². The Balaban J connectivity index is 2.82. The second-order valence-corrected chi connectivity index (χ2v) is 6.08. The predicted octanol–water partition coefficient (Wildman–Crippen LogP) is 3.17. The SMILES string of the molecule is CC(C)(C)c1cc(F)c2c(=O)n(SS)ncc2c1. The fourth-order valence-corrected chi connectivity index (χ4v) is 2.31. The number of nitrogens with zero attached hydrogens (tertiary/aromatic N) is 2. The Labute approximate surface area is 113 Å². The van der Waals surface area contributed by atoms with Crippen LogP contribution < -0.4 is 5.56 Å². The zero-order chi connectivity index (χ0) is 13.5. The van der Waals surface area contributed by atoms with Crippen molar-refractivity contribution in [2.75, 3.05) is 0 Å². The molecule has 0 aliphatic rings. The molecule has 0 spiro atoms. The van der Waals surface area contributed by atoms with E-state index in [4.69, 9.17) is 0 Å². The normalized spacial score (nSPS) is 12.1. The van der Waals surface area contributed by atoms with Gasteiger partial charge in [-0.25, -0.2) is 4.39 Å². The van der Waals surface area contributed by atoms with Crippen molar-refractivity contribution in [1.29, 1.82) is 0 Å². The van der Waals surface area contributed by atoms with Crippen molar-refractivity contribution in [3.8, 4) is 0 Å². The Morgan fingerprint density at radius 2 is 2.06 bits per heavy atom. The molecular formula is C12H13FN2OS2. The number of aromatic nitrogens is 2. The fourth-order valence-electron chi connectivity index (χ4n) is 1.71. The molecule has 3 nitrogen and oxygen atoms in total. The van der Waals surface area contributed by atoms with Gasteiger partial charge in [0.2, 0.25) is 0 Å². The molecule has 0 bridgehead atoms. The van der Waals surface area contributed by atoms with Crippen LogP contribution in [0.3, 0.4) is 0 Å². The van der Waals surface area contributed by atoms with E-state index in [1.807, 2.05) is 20.8 Å². The minimum Gasteiger partial charge on any atom is -0.266 e. The summed E-state index contributed by atoms with van der Waals surface area (Å²) in [4.78, 5) is 11.9. The standard InChI is InChI=1S/C12H13FN2OS2/c1-12(2,3)8-4-7-6-14-15(18-17)11(16)10(7)9(13)5-8/h4-6,17H,1-3H3. The molecule has 2 aromatic rings. The van der Waals surface area contributed by atoms with E-state index in [1.165, 1.54) is 12.3 Å². The predicted molar refractivity (Wildman–Crippen MR) is 76.6 cm³/mol. The van der Waals surface area contributed by atoms with Crippen molar-refractivity contribution in [2.24, 2.45) is 0 Å². The zero-order valence-corrected chi connectivity index (χ0v) is 12.0. The Morgan fingerprint density at radius 1 is 1.39 bits per heavy atom. The topological polar surface area (TPSA) is 34.9 Å². The van der Waals surface area contributed by atoms with Crippen molar-refractivity contribution in [1.82, 2.24) is 9.19 Å². The first-order chi connectivity index (χ1) is 8.34. The first-order valence-electron chi connectivity index (χ1n) is 5.38. The first kappa shape index (κ1) is 13.4. The van der Waals surface area contributed by atoms with Crippen LogP contribution in [-0.2, 0) is 5.41 Å².